The monoisotopic (exact) mass is 340 g/mol. The average Bonchev–Trinajstić information content (AvgIpc) is 3.23. The number of hydrogen-bond donors (Lipinski definition) is 1. The highest BCUT2D eigenvalue weighted by atomic mass is 35.5. The number of nitrogens with zero attached hydrogens (tertiary/aromatic N) is 3. The van der Waals surface area contributed by atoms with Gasteiger partial charge < -0.3 is 4.98 Å². The molecule has 4 rings (SSSR count). The molecule has 1 saturated heterocycles. The molecule has 0 unspecified atom stereocenters. The van der Waals surface area contributed by atoms with Crippen molar-refractivity contribution >= 4 is 22.6 Å². The van der Waals surface area contributed by atoms with E-state index in [4.69, 9.17) is 11.6 Å². The van der Waals surface area contributed by atoms with Gasteiger partial charge in [-0.05, 0) is 37.3 Å². The first kappa shape index (κ1) is 15.6. The predicted molar refractivity (Wildman–Crippen MR) is 97.0 cm³/mol. The van der Waals surface area contributed by atoms with Gasteiger partial charge in [-0.15, -0.1) is 0 Å². The number of likely N-dealkylation sites (tertiary alicyclic amines) is 1. The second-order valence-corrected chi connectivity index (χ2v) is 6.97. The van der Waals surface area contributed by atoms with E-state index in [9.17, 15) is 0 Å². The summed E-state index contributed by atoms with van der Waals surface area (Å²) < 4.78 is 0. The number of aryl methyl sites for hydroxylation is 1. The van der Waals surface area contributed by atoms with E-state index in [2.05, 4.69) is 50.2 Å². The molecule has 4 nitrogen and oxygen atoms in total. The largest absolute Gasteiger partial charge is 0.357 e. The molecule has 1 atom stereocenters. The molecule has 0 radical (unpaired) electrons. The number of aromatic amines is 1. The molecule has 1 aliphatic heterocycles. The Balaban J connectivity index is 1.36. The van der Waals surface area contributed by atoms with E-state index in [1.54, 1.807) is 0 Å². The molecule has 1 aromatic carbocycles. The van der Waals surface area contributed by atoms with E-state index in [0.29, 0.717) is 5.15 Å². The van der Waals surface area contributed by atoms with Crippen LogP contribution in [0, 0.1) is 5.92 Å². The normalized spacial score (nSPS) is 18.5. The van der Waals surface area contributed by atoms with Crippen LogP contribution < -0.4 is 0 Å². The molecule has 1 N–H and O–H groups in total. The lowest BCUT2D eigenvalue weighted by Crippen LogP contribution is -2.20. The van der Waals surface area contributed by atoms with Crippen LogP contribution >= 0.6 is 11.6 Å². The van der Waals surface area contributed by atoms with E-state index in [1.807, 2.05) is 6.20 Å². The molecule has 1 fully saturated rings. The molecule has 0 amide bonds. The van der Waals surface area contributed by atoms with Crippen molar-refractivity contribution < 1.29 is 0 Å². The van der Waals surface area contributed by atoms with Crippen LogP contribution in [-0.4, -0.2) is 32.9 Å². The molecule has 1 aliphatic rings. The second kappa shape index (κ2) is 6.91. The minimum Gasteiger partial charge on any atom is -0.357 e. The predicted octanol–water partition coefficient (Wildman–Crippen LogP) is 4.07. The van der Waals surface area contributed by atoms with E-state index < -0.39 is 0 Å². The summed E-state index contributed by atoms with van der Waals surface area (Å²) in [5.74, 6) is 0.786. The van der Waals surface area contributed by atoms with Crippen molar-refractivity contribution in [3.63, 3.8) is 0 Å². The first-order chi connectivity index (χ1) is 11.8. The standard InChI is InChI=1S/C19H21ClN4/c20-19-18-17(22-13-23-19)16(10-21-18)12-24-9-8-15(11-24)7-6-14-4-2-1-3-5-14/h1-5,10,13,15,21H,6-9,11-12H2/t15-/m1/s1. The van der Waals surface area contributed by atoms with Gasteiger partial charge >= 0.3 is 0 Å². The summed E-state index contributed by atoms with van der Waals surface area (Å²) in [5, 5.41) is 0.494. The minimum absolute atomic E-state index is 0.494. The fourth-order valence-electron chi connectivity index (χ4n) is 3.63. The molecule has 0 saturated carbocycles. The maximum absolute atomic E-state index is 6.11. The SMILES string of the molecule is Clc1ncnc2c(CN3CC[C@@H](CCc4ccccc4)C3)c[nH]c12. The number of H-pyrrole nitrogens is 1. The summed E-state index contributed by atoms with van der Waals surface area (Å²) in [7, 11) is 0. The van der Waals surface area contributed by atoms with E-state index in [-0.39, 0.29) is 0 Å². The Bertz CT molecular complexity index is 815. The van der Waals surface area contributed by atoms with Gasteiger partial charge in [-0.3, -0.25) is 4.90 Å². The van der Waals surface area contributed by atoms with Gasteiger partial charge in [0.15, 0.2) is 5.15 Å². The fourth-order valence-corrected chi connectivity index (χ4v) is 3.82. The van der Waals surface area contributed by atoms with Gasteiger partial charge in [-0.2, -0.15) is 0 Å². The Labute approximate surface area is 146 Å². The molecule has 3 aromatic rings. The lowest BCUT2D eigenvalue weighted by molar-refractivity contribution is 0.314. The van der Waals surface area contributed by atoms with Gasteiger partial charge in [0.1, 0.15) is 11.8 Å². The number of aromatic nitrogens is 3. The highest BCUT2D eigenvalue weighted by Crippen LogP contribution is 2.26. The van der Waals surface area contributed by atoms with Crippen molar-refractivity contribution in [2.75, 3.05) is 13.1 Å². The first-order valence-corrected chi connectivity index (χ1v) is 8.90. The molecule has 3 heterocycles. The van der Waals surface area contributed by atoms with Crippen LogP contribution in [0.2, 0.25) is 5.15 Å². The van der Waals surface area contributed by atoms with Gasteiger partial charge in [0.25, 0.3) is 0 Å². The Morgan fingerprint density at radius 2 is 2.08 bits per heavy atom. The van der Waals surface area contributed by atoms with Crippen molar-refractivity contribution in [3.05, 3.63) is 59.1 Å². The number of halogens is 1. The lowest BCUT2D eigenvalue weighted by atomic mass is 9.99. The van der Waals surface area contributed by atoms with Gasteiger partial charge in [0, 0.05) is 24.8 Å². The van der Waals surface area contributed by atoms with Crippen LogP contribution in [0.3, 0.4) is 0 Å². The zero-order valence-electron chi connectivity index (χ0n) is 13.6. The molecule has 0 spiro atoms. The van der Waals surface area contributed by atoms with E-state index in [1.165, 1.54) is 43.3 Å². The molecule has 24 heavy (non-hydrogen) atoms. The third-order valence-corrected chi connectivity index (χ3v) is 5.23. The van der Waals surface area contributed by atoms with Gasteiger partial charge in [-0.1, -0.05) is 41.9 Å². The smallest absolute Gasteiger partial charge is 0.156 e. The second-order valence-electron chi connectivity index (χ2n) is 6.62. The van der Waals surface area contributed by atoms with Crippen molar-refractivity contribution in [1.29, 1.82) is 0 Å². The zero-order valence-corrected chi connectivity index (χ0v) is 14.3. The van der Waals surface area contributed by atoms with Crippen LogP contribution in [0.1, 0.15) is 24.0 Å². The van der Waals surface area contributed by atoms with E-state index >= 15 is 0 Å². The van der Waals surface area contributed by atoms with Gasteiger partial charge in [-0.25, -0.2) is 9.97 Å². The van der Waals surface area contributed by atoms with Crippen molar-refractivity contribution in [2.24, 2.45) is 5.92 Å². The molecule has 0 aliphatic carbocycles. The lowest BCUT2D eigenvalue weighted by Gasteiger charge is -2.15. The topological polar surface area (TPSA) is 44.8 Å². The van der Waals surface area contributed by atoms with Crippen LogP contribution in [0.15, 0.2) is 42.9 Å². The molecule has 0 bridgehead atoms. The Kier molecular flexibility index (Phi) is 4.50. The Morgan fingerprint density at radius 1 is 1.21 bits per heavy atom. The molecular weight excluding hydrogens is 320 g/mol. The number of nitrogens with one attached hydrogen (secondary N) is 1. The van der Waals surface area contributed by atoms with Crippen LogP contribution in [0.25, 0.3) is 11.0 Å². The number of fused-ring (bicyclic) bond motifs is 1. The fraction of sp³-hybridized carbons (Fsp3) is 0.368. The summed E-state index contributed by atoms with van der Waals surface area (Å²) in [6.07, 6.45) is 7.28. The third kappa shape index (κ3) is 3.30. The molecule has 124 valence electrons. The van der Waals surface area contributed by atoms with Gasteiger partial charge in [0.2, 0.25) is 0 Å². The van der Waals surface area contributed by atoms with Crippen molar-refractivity contribution in [2.45, 2.75) is 25.8 Å². The first-order valence-electron chi connectivity index (χ1n) is 8.52. The van der Waals surface area contributed by atoms with Crippen molar-refractivity contribution in [3.8, 4) is 0 Å². The van der Waals surface area contributed by atoms with Crippen molar-refractivity contribution in [1.82, 2.24) is 19.9 Å². The van der Waals surface area contributed by atoms with Crippen LogP contribution in [0.4, 0.5) is 0 Å². The van der Waals surface area contributed by atoms with Crippen LogP contribution in [0.5, 0.6) is 0 Å². The number of rotatable bonds is 5. The quantitative estimate of drug-likeness (QED) is 0.712. The summed E-state index contributed by atoms with van der Waals surface area (Å²) in [6.45, 7) is 3.25. The Morgan fingerprint density at radius 3 is 2.96 bits per heavy atom. The summed E-state index contributed by atoms with van der Waals surface area (Å²) >= 11 is 6.11. The van der Waals surface area contributed by atoms with Gasteiger partial charge in [0.05, 0.1) is 5.52 Å². The van der Waals surface area contributed by atoms with Crippen LogP contribution in [-0.2, 0) is 13.0 Å². The summed E-state index contributed by atoms with van der Waals surface area (Å²) in [6, 6.07) is 10.8. The molecule has 2 aromatic heterocycles. The molecular formula is C19H21ClN4. The molecule has 5 heteroatoms. The number of hydrogen-bond acceptors (Lipinski definition) is 3. The minimum atomic E-state index is 0.494. The highest BCUT2D eigenvalue weighted by molar-refractivity contribution is 6.33. The maximum Gasteiger partial charge on any atom is 0.156 e. The average molecular weight is 341 g/mol. The number of benzene rings is 1. The maximum atomic E-state index is 6.11. The van der Waals surface area contributed by atoms with E-state index in [0.717, 1.165) is 30.0 Å². The zero-order chi connectivity index (χ0) is 16.4. The summed E-state index contributed by atoms with van der Waals surface area (Å²) in [5.41, 5.74) is 4.44. The highest BCUT2D eigenvalue weighted by Gasteiger charge is 2.23. The summed E-state index contributed by atoms with van der Waals surface area (Å²) in [4.78, 5) is 14.1. The third-order valence-electron chi connectivity index (χ3n) is 4.94. The Hall–Kier alpha value is -1.91.